The van der Waals surface area contributed by atoms with Gasteiger partial charge in [-0.1, -0.05) is 41.4 Å². The van der Waals surface area contributed by atoms with Crippen LogP contribution >= 0.6 is 23.2 Å². The molecule has 2 rings (SSSR count). The van der Waals surface area contributed by atoms with Gasteiger partial charge in [0.1, 0.15) is 11.0 Å². The smallest absolute Gasteiger partial charge is 0.137 e. The van der Waals surface area contributed by atoms with E-state index in [1.54, 1.807) is 24.3 Å². The highest BCUT2D eigenvalue weighted by Crippen LogP contribution is 2.30. The van der Waals surface area contributed by atoms with Crippen LogP contribution in [0.2, 0.25) is 10.2 Å². The first-order valence-corrected chi connectivity index (χ1v) is 5.00. The highest BCUT2D eigenvalue weighted by Gasteiger charge is 2.09. The molecule has 1 aromatic heterocycles. The average Bonchev–Trinajstić information content (AvgIpc) is 2.23. The molecule has 0 bridgehead atoms. The number of rotatable bonds is 1. The fourth-order valence-corrected chi connectivity index (χ4v) is 1.65. The number of nitrogens with zero attached hydrogens (tertiary/aromatic N) is 1. The Balaban J connectivity index is 2.64. The van der Waals surface area contributed by atoms with Gasteiger partial charge in [-0.3, -0.25) is 0 Å². The van der Waals surface area contributed by atoms with Gasteiger partial charge in [0, 0.05) is 17.3 Å². The van der Waals surface area contributed by atoms with Crippen LogP contribution in [0.25, 0.3) is 11.1 Å². The van der Waals surface area contributed by atoms with Gasteiger partial charge in [-0.25, -0.2) is 9.37 Å². The average molecular weight is 242 g/mol. The Kier molecular flexibility index (Phi) is 2.89. The topological polar surface area (TPSA) is 12.9 Å². The van der Waals surface area contributed by atoms with Crippen LogP contribution in [0.1, 0.15) is 0 Å². The summed E-state index contributed by atoms with van der Waals surface area (Å²) in [6.07, 6.45) is 1.42. The van der Waals surface area contributed by atoms with Crippen LogP contribution in [0, 0.1) is 5.82 Å². The molecule has 0 amide bonds. The van der Waals surface area contributed by atoms with E-state index in [1.165, 1.54) is 12.3 Å². The van der Waals surface area contributed by atoms with Gasteiger partial charge in [0.25, 0.3) is 0 Å². The maximum atomic E-state index is 13.5. The minimum atomic E-state index is -0.344. The van der Waals surface area contributed by atoms with Gasteiger partial charge in [0.05, 0.1) is 5.02 Å². The zero-order chi connectivity index (χ0) is 10.8. The third-order valence-corrected chi connectivity index (χ3v) is 2.48. The van der Waals surface area contributed by atoms with Crippen LogP contribution in [-0.2, 0) is 0 Å². The van der Waals surface area contributed by atoms with Crippen LogP contribution < -0.4 is 0 Å². The van der Waals surface area contributed by atoms with E-state index < -0.39 is 0 Å². The number of hydrogen-bond acceptors (Lipinski definition) is 1. The maximum absolute atomic E-state index is 13.5. The van der Waals surface area contributed by atoms with E-state index in [9.17, 15) is 4.39 Å². The van der Waals surface area contributed by atoms with Gasteiger partial charge >= 0.3 is 0 Å². The van der Waals surface area contributed by atoms with E-state index >= 15 is 0 Å². The molecule has 0 fully saturated rings. The van der Waals surface area contributed by atoms with Crippen LogP contribution in [0.15, 0.2) is 36.5 Å². The standard InChI is InChI=1S/C11H6Cl2FN/c12-7-5-9(11(13)15-6-7)8-3-1-2-4-10(8)14/h1-6H. The summed E-state index contributed by atoms with van der Waals surface area (Å²) in [5.41, 5.74) is 0.903. The van der Waals surface area contributed by atoms with Crippen LogP contribution in [-0.4, -0.2) is 4.98 Å². The van der Waals surface area contributed by atoms with Crippen molar-refractivity contribution in [2.24, 2.45) is 0 Å². The van der Waals surface area contributed by atoms with Gasteiger partial charge in [-0.15, -0.1) is 0 Å². The van der Waals surface area contributed by atoms with Gasteiger partial charge in [-0.05, 0) is 12.1 Å². The minimum absolute atomic E-state index is 0.240. The molecule has 1 aromatic carbocycles. The maximum Gasteiger partial charge on any atom is 0.137 e. The van der Waals surface area contributed by atoms with Gasteiger partial charge in [-0.2, -0.15) is 0 Å². The summed E-state index contributed by atoms with van der Waals surface area (Å²) in [4.78, 5) is 3.86. The Labute approximate surface area is 96.5 Å². The summed E-state index contributed by atoms with van der Waals surface area (Å²) in [5.74, 6) is -0.344. The second kappa shape index (κ2) is 4.17. The van der Waals surface area contributed by atoms with E-state index in [-0.39, 0.29) is 11.0 Å². The summed E-state index contributed by atoms with van der Waals surface area (Å²) >= 11 is 11.6. The number of pyridine rings is 1. The summed E-state index contributed by atoms with van der Waals surface area (Å²) < 4.78 is 13.5. The van der Waals surface area contributed by atoms with Crippen molar-refractivity contribution in [2.45, 2.75) is 0 Å². The van der Waals surface area contributed by atoms with E-state index in [2.05, 4.69) is 4.98 Å². The fraction of sp³-hybridized carbons (Fsp3) is 0. The molecule has 1 nitrogen and oxygen atoms in total. The lowest BCUT2D eigenvalue weighted by Crippen LogP contribution is -1.87. The highest BCUT2D eigenvalue weighted by atomic mass is 35.5. The molecule has 4 heteroatoms. The summed E-state index contributed by atoms with van der Waals surface area (Å²) in [6.45, 7) is 0. The molecule has 0 aliphatic carbocycles. The molecule has 0 unspecified atom stereocenters. The first kappa shape index (κ1) is 10.4. The van der Waals surface area contributed by atoms with Gasteiger partial charge in [0.2, 0.25) is 0 Å². The molecule has 0 aliphatic heterocycles. The SMILES string of the molecule is Fc1ccccc1-c1cc(Cl)cnc1Cl. The molecule has 1 heterocycles. The molecule has 0 saturated heterocycles. The van der Waals surface area contributed by atoms with Gasteiger partial charge in [0.15, 0.2) is 0 Å². The normalized spacial score (nSPS) is 10.3. The second-order valence-corrected chi connectivity index (χ2v) is 3.77. The molecule has 0 spiro atoms. The third kappa shape index (κ3) is 2.11. The summed E-state index contributed by atoms with van der Waals surface area (Å²) in [7, 11) is 0. The van der Waals surface area contributed by atoms with Crippen molar-refractivity contribution in [1.82, 2.24) is 4.98 Å². The van der Waals surface area contributed by atoms with Crippen molar-refractivity contribution in [3.05, 3.63) is 52.5 Å². The Bertz CT molecular complexity index is 500. The van der Waals surface area contributed by atoms with Crippen molar-refractivity contribution >= 4 is 23.2 Å². The number of aromatic nitrogens is 1. The molecule has 0 saturated carbocycles. The zero-order valence-corrected chi connectivity index (χ0v) is 9.06. The molecule has 76 valence electrons. The predicted molar refractivity (Wildman–Crippen MR) is 59.7 cm³/mol. The van der Waals surface area contributed by atoms with Crippen LogP contribution in [0.4, 0.5) is 4.39 Å². The molecule has 0 radical (unpaired) electrons. The lowest BCUT2D eigenvalue weighted by molar-refractivity contribution is 0.631. The molecule has 0 atom stereocenters. The first-order valence-electron chi connectivity index (χ1n) is 4.24. The number of benzene rings is 1. The third-order valence-electron chi connectivity index (χ3n) is 1.97. The lowest BCUT2D eigenvalue weighted by Gasteiger charge is -2.05. The van der Waals surface area contributed by atoms with Crippen molar-refractivity contribution in [3.63, 3.8) is 0 Å². The Morgan fingerprint density at radius 1 is 1.07 bits per heavy atom. The lowest BCUT2D eigenvalue weighted by atomic mass is 10.1. The second-order valence-electron chi connectivity index (χ2n) is 2.97. The first-order chi connectivity index (χ1) is 7.18. The van der Waals surface area contributed by atoms with Crippen LogP contribution in [0.5, 0.6) is 0 Å². The van der Waals surface area contributed by atoms with Crippen molar-refractivity contribution in [2.75, 3.05) is 0 Å². The van der Waals surface area contributed by atoms with Crippen LogP contribution in [0.3, 0.4) is 0 Å². The molecular weight excluding hydrogens is 236 g/mol. The Morgan fingerprint density at radius 3 is 2.53 bits per heavy atom. The summed E-state index contributed by atoms with van der Waals surface area (Å²) in [5, 5.41) is 0.669. The monoisotopic (exact) mass is 241 g/mol. The Morgan fingerprint density at radius 2 is 1.80 bits per heavy atom. The molecule has 0 aliphatic rings. The van der Waals surface area contributed by atoms with Crippen molar-refractivity contribution in [1.29, 1.82) is 0 Å². The minimum Gasteiger partial charge on any atom is -0.242 e. The Hall–Kier alpha value is -1.12. The number of halogens is 3. The number of hydrogen-bond donors (Lipinski definition) is 0. The molecule has 15 heavy (non-hydrogen) atoms. The van der Waals surface area contributed by atoms with E-state index in [4.69, 9.17) is 23.2 Å². The van der Waals surface area contributed by atoms with Gasteiger partial charge < -0.3 is 0 Å². The van der Waals surface area contributed by atoms with E-state index in [1.807, 2.05) is 0 Å². The zero-order valence-electron chi connectivity index (χ0n) is 7.55. The highest BCUT2D eigenvalue weighted by molar-refractivity contribution is 6.34. The molecule has 2 aromatic rings. The molecular formula is C11H6Cl2FN. The predicted octanol–water partition coefficient (Wildman–Crippen LogP) is 4.19. The van der Waals surface area contributed by atoms with Crippen molar-refractivity contribution < 1.29 is 4.39 Å². The largest absolute Gasteiger partial charge is 0.242 e. The fourth-order valence-electron chi connectivity index (χ4n) is 1.29. The quantitative estimate of drug-likeness (QED) is 0.683. The summed E-state index contributed by atoms with van der Waals surface area (Å²) in [6, 6.07) is 7.94. The molecule has 0 N–H and O–H groups in total. The van der Waals surface area contributed by atoms with E-state index in [0.29, 0.717) is 16.1 Å². The van der Waals surface area contributed by atoms with E-state index in [0.717, 1.165) is 0 Å². The van der Waals surface area contributed by atoms with Crippen molar-refractivity contribution in [3.8, 4) is 11.1 Å².